The van der Waals surface area contributed by atoms with Crippen LogP contribution in [0.2, 0.25) is 0 Å². The minimum Gasteiger partial charge on any atom is -0.449 e. The number of thiophene rings is 1. The molecule has 6 nitrogen and oxygen atoms in total. The Kier molecular flexibility index (Phi) is 6.34. The number of carbonyl (C=O) groups excluding carboxylic acids is 3. The van der Waals surface area contributed by atoms with Gasteiger partial charge in [-0.25, -0.2) is 9.59 Å². The summed E-state index contributed by atoms with van der Waals surface area (Å²) in [4.78, 5) is 35.1. The van der Waals surface area contributed by atoms with Crippen LogP contribution < -0.4 is 10.6 Å². The third kappa shape index (κ3) is 5.86. The van der Waals surface area contributed by atoms with Gasteiger partial charge < -0.3 is 10.1 Å². The van der Waals surface area contributed by atoms with Crippen LogP contribution in [0.3, 0.4) is 0 Å². The van der Waals surface area contributed by atoms with Crippen LogP contribution in [0.4, 0.5) is 4.79 Å². The number of esters is 1. The van der Waals surface area contributed by atoms with E-state index in [1.165, 1.54) is 24.3 Å². The zero-order valence-electron chi connectivity index (χ0n) is 12.9. The molecule has 1 aliphatic carbocycles. The molecule has 0 spiro atoms. The maximum atomic E-state index is 11.8. The lowest BCUT2D eigenvalue weighted by atomic mass is 10.2. The van der Waals surface area contributed by atoms with Crippen LogP contribution in [-0.4, -0.2) is 30.1 Å². The van der Waals surface area contributed by atoms with Crippen LogP contribution in [0.5, 0.6) is 0 Å². The highest BCUT2D eigenvalue weighted by atomic mass is 32.1. The van der Waals surface area contributed by atoms with E-state index >= 15 is 0 Å². The summed E-state index contributed by atoms with van der Waals surface area (Å²) in [6.07, 6.45) is 5.86. The quantitative estimate of drug-likeness (QED) is 0.639. The second-order valence-corrected chi connectivity index (χ2v) is 6.19. The smallest absolute Gasteiger partial charge is 0.331 e. The molecule has 0 aliphatic heterocycles. The molecule has 3 amide bonds. The second-order valence-electron chi connectivity index (χ2n) is 5.41. The van der Waals surface area contributed by atoms with E-state index in [0.29, 0.717) is 0 Å². The highest BCUT2D eigenvalue weighted by Crippen LogP contribution is 2.17. The van der Waals surface area contributed by atoms with E-state index in [9.17, 15) is 14.4 Å². The average Bonchev–Trinajstić information content (AvgIpc) is 3.18. The normalized spacial score (nSPS) is 16.2. The van der Waals surface area contributed by atoms with Crippen molar-refractivity contribution in [3.05, 3.63) is 28.5 Å². The summed E-state index contributed by atoms with van der Waals surface area (Å²) < 4.78 is 4.97. The summed E-state index contributed by atoms with van der Waals surface area (Å²) >= 11 is 1.52. The molecule has 1 fully saturated rings. The maximum Gasteiger partial charge on any atom is 0.331 e. The Morgan fingerprint density at radius 1 is 1.35 bits per heavy atom. The minimum absolute atomic E-state index is 0.120. The molecule has 0 saturated heterocycles. The molecule has 1 saturated carbocycles. The number of rotatable bonds is 5. The number of nitrogens with one attached hydrogen (secondary N) is 2. The summed E-state index contributed by atoms with van der Waals surface area (Å²) in [6, 6.07) is 1.44. The summed E-state index contributed by atoms with van der Waals surface area (Å²) in [7, 11) is 0. The van der Waals surface area contributed by atoms with Gasteiger partial charge in [-0.15, -0.1) is 0 Å². The standard InChI is InChI=1S/C16H20N2O4S/c1-11(22-14(19)7-6-12-8-9-23-10-12)15(20)18-16(21)17-13-4-2-3-5-13/h6-11,13H,2-5H2,1H3,(H2,17,18,20,21)/b7-6+/t11-/m1/s1. The van der Waals surface area contributed by atoms with E-state index in [1.54, 1.807) is 6.08 Å². The Hall–Kier alpha value is -2.15. The number of hydrogen-bond donors (Lipinski definition) is 2. The lowest BCUT2D eigenvalue weighted by Gasteiger charge is -2.15. The van der Waals surface area contributed by atoms with Crippen LogP contribution in [0.1, 0.15) is 38.2 Å². The van der Waals surface area contributed by atoms with E-state index in [2.05, 4.69) is 10.6 Å². The molecule has 2 rings (SSSR count). The van der Waals surface area contributed by atoms with Crippen molar-refractivity contribution in [1.29, 1.82) is 0 Å². The topological polar surface area (TPSA) is 84.5 Å². The first-order valence-corrected chi connectivity index (χ1v) is 8.51. The zero-order valence-corrected chi connectivity index (χ0v) is 13.7. The molecule has 1 aliphatic rings. The van der Waals surface area contributed by atoms with Crippen molar-refractivity contribution < 1.29 is 19.1 Å². The molecule has 124 valence electrons. The zero-order chi connectivity index (χ0) is 16.7. The van der Waals surface area contributed by atoms with Crippen molar-refractivity contribution >= 4 is 35.3 Å². The summed E-state index contributed by atoms with van der Waals surface area (Å²) in [5, 5.41) is 8.71. The van der Waals surface area contributed by atoms with Crippen LogP contribution in [0.15, 0.2) is 22.9 Å². The molecular formula is C16H20N2O4S. The number of hydrogen-bond acceptors (Lipinski definition) is 5. The first kappa shape index (κ1) is 17.2. The van der Waals surface area contributed by atoms with Gasteiger partial charge in [-0.3, -0.25) is 10.1 Å². The van der Waals surface area contributed by atoms with Gasteiger partial charge in [0.25, 0.3) is 5.91 Å². The fraction of sp³-hybridized carbons (Fsp3) is 0.438. The first-order valence-electron chi connectivity index (χ1n) is 7.57. The molecule has 0 radical (unpaired) electrons. The van der Waals surface area contributed by atoms with Crippen molar-refractivity contribution in [3.63, 3.8) is 0 Å². The molecule has 0 aromatic carbocycles. The molecule has 1 aromatic heterocycles. The Morgan fingerprint density at radius 2 is 2.09 bits per heavy atom. The van der Waals surface area contributed by atoms with Gasteiger partial charge in [-0.1, -0.05) is 12.8 Å². The van der Waals surface area contributed by atoms with E-state index in [1.807, 2.05) is 16.8 Å². The summed E-state index contributed by atoms with van der Waals surface area (Å²) in [5.74, 6) is -1.27. The van der Waals surface area contributed by atoms with Crippen molar-refractivity contribution in [2.45, 2.75) is 44.8 Å². The predicted molar refractivity (Wildman–Crippen MR) is 87.8 cm³/mol. The lowest BCUT2D eigenvalue weighted by Crippen LogP contribution is -2.47. The first-order chi connectivity index (χ1) is 11.0. The average molecular weight is 336 g/mol. The van der Waals surface area contributed by atoms with Gasteiger partial charge in [-0.2, -0.15) is 11.3 Å². The van der Waals surface area contributed by atoms with Crippen molar-refractivity contribution in [2.24, 2.45) is 0 Å². The maximum absolute atomic E-state index is 11.8. The second kappa shape index (κ2) is 8.47. The van der Waals surface area contributed by atoms with Crippen molar-refractivity contribution in [1.82, 2.24) is 10.6 Å². The lowest BCUT2D eigenvalue weighted by molar-refractivity contribution is -0.149. The Bertz CT molecular complexity index is 577. The van der Waals surface area contributed by atoms with Crippen molar-refractivity contribution in [2.75, 3.05) is 0 Å². The van der Waals surface area contributed by atoms with Gasteiger partial charge in [0.15, 0.2) is 6.10 Å². The van der Waals surface area contributed by atoms with Gasteiger partial charge in [0.2, 0.25) is 0 Å². The molecule has 0 bridgehead atoms. The molecule has 7 heteroatoms. The number of urea groups is 1. The molecular weight excluding hydrogens is 316 g/mol. The Morgan fingerprint density at radius 3 is 2.74 bits per heavy atom. The fourth-order valence-corrected chi connectivity index (χ4v) is 2.93. The monoisotopic (exact) mass is 336 g/mol. The van der Waals surface area contributed by atoms with Crippen LogP contribution in [0, 0.1) is 0 Å². The van der Waals surface area contributed by atoms with Gasteiger partial charge in [0, 0.05) is 12.1 Å². The molecule has 1 heterocycles. The number of imide groups is 1. The highest BCUT2D eigenvalue weighted by molar-refractivity contribution is 7.08. The predicted octanol–water partition coefficient (Wildman–Crippen LogP) is 2.46. The van der Waals surface area contributed by atoms with E-state index < -0.39 is 24.0 Å². The highest BCUT2D eigenvalue weighted by Gasteiger charge is 2.22. The summed E-state index contributed by atoms with van der Waals surface area (Å²) in [6.45, 7) is 1.43. The number of ether oxygens (including phenoxy) is 1. The Labute approximate surface area is 138 Å². The van der Waals surface area contributed by atoms with Gasteiger partial charge in [-0.05, 0) is 48.2 Å². The van der Waals surface area contributed by atoms with E-state index in [0.717, 1.165) is 31.2 Å². The van der Waals surface area contributed by atoms with E-state index in [-0.39, 0.29) is 6.04 Å². The molecule has 1 atom stereocenters. The molecule has 1 aromatic rings. The van der Waals surface area contributed by atoms with Gasteiger partial charge in [0.05, 0.1) is 0 Å². The third-order valence-electron chi connectivity index (χ3n) is 3.54. The fourth-order valence-electron chi connectivity index (χ4n) is 2.31. The number of amides is 3. The van der Waals surface area contributed by atoms with Crippen LogP contribution in [-0.2, 0) is 14.3 Å². The summed E-state index contributed by atoms with van der Waals surface area (Å²) in [5.41, 5.74) is 0.889. The van der Waals surface area contributed by atoms with Crippen molar-refractivity contribution in [3.8, 4) is 0 Å². The molecule has 23 heavy (non-hydrogen) atoms. The molecule has 2 N–H and O–H groups in total. The minimum atomic E-state index is -1.04. The Balaban J connectivity index is 1.73. The third-order valence-corrected chi connectivity index (χ3v) is 4.25. The van der Waals surface area contributed by atoms with Gasteiger partial charge in [0.1, 0.15) is 0 Å². The van der Waals surface area contributed by atoms with Crippen LogP contribution >= 0.6 is 11.3 Å². The van der Waals surface area contributed by atoms with Crippen LogP contribution in [0.25, 0.3) is 6.08 Å². The van der Waals surface area contributed by atoms with Gasteiger partial charge >= 0.3 is 12.0 Å². The number of carbonyl (C=O) groups is 3. The van der Waals surface area contributed by atoms with E-state index in [4.69, 9.17) is 4.74 Å². The molecule has 0 unspecified atom stereocenters. The SMILES string of the molecule is C[C@@H](OC(=O)/C=C/c1ccsc1)C(=O)NC(=O)NC1CCCC1. The largest absolute Gasteiger partial charge is 0.449 e.